The van der Waals surface area contributed by atoms with Gasteiger partial charge in [0.2, 0.25) is 0 Å². The Bertz CT molecular complexity index is 1230. The standard InChI is InChI=1S/C44H70O5/c1-9-11-13-14-15-16-17-18-19-20-21-22-23-24-25-26-30-48-42(47)37-29-28-36(31-34(37)27-12-10-2)49-41(46)35-32-38(43(3,4)5)40(45)39(33-35)44(6,7)8/h28-29,31-33,45H,9-27,30H2,1-8H3. The molecule has 0 saturated carbocycles. The molecule has 0 aromatic heterocycles. The molecule has 5 nitrogen and oxygen atoms in total. The van der Waals surface area contributed by atoms with Gasteiger partial charge in [-0.3, -0.25) is 0 Å². The second kappa shape index (κ2) is 22.1. The van der Waals surface area contributed by atoms with E-state index in [4.69, 9.17) is 9.47 Å². The molecule has 0 fully saturated rings. The first-order valence-corrected chi connectivity index (χ1v) is 19.7. The Kier molecular flexibility index (Phi) is 19.1. The Morgan fingerprint density at radius 3 is 1.49 bits per heavy atom. The summed E-state index contributed by atoms with van der Waals surface area (Å²) in [6.07, 6.45) is 23.5. The molecule has 0 unspecified atom stereocenters. The smallest absolute Gasteiger partial charge is 0.343 e. The highest BCUT2D eigenvalue weighted by atomic mass is 16.5. The molecule has 49 heavy (non-hydrogen) atoms. The van der Waals surface area contributed by atoms with Crippen LogP contribution < -0.4 is 4.74 Å². The number of hydrogen-bond donors (Lipinski definition) is 1. The molecule has 2 aromatic rings. The van der Waals surface area contributed by atoms with E-state index in [-0.39, 0.29) is 22.5 Å². The summed E-state index contributed by atoms with van der Waals surface area (Å²) in [5, 5.41) is 11.1. The summed E-state index contributed by atoms with van der Waals surface area (Å²) in [6, 6.07) is 8.66. The number of carbonyl (C=O) groups is 2. The van der Waals surface area contributed by atoms with Crippen molar-refractivity contribution in [3.8, 4) is 11.5 Å². The lowest BCUT2D eigenvalue weighted by Crippen LogP contribution is -2.20. The normalized spacial score (nSPS) is 11.9. The van der Waals surface area contributed by atoms with E-state index < -0.39 is 5.97 Å². The summed E-state index contributed by atoms with van der Waals surface area (Å²) in [4.78, 5) is 26.5. The van der Waals surface area contributed by atoms with E-state index in [9.17, 15) is 14.7 Å². The highest BCUT2D eigenvalue weighted by Crippen LogP contribution is 2.40. The zero-order valence-corrected chi connectivity index (χ0v) is 32.6. The predicted molar refractivity (Wildman–Crippen MR) is 205 cm³/mol. The minimum Gasteiger partial charge on any atom is -0.507 e. The Morgan fingerprint density at radius 2 is 1.04 bits per heavy atom. The third-order valence-electron chi connectivity index (χ3n) is 9.50. The molecule has 1 N–H and O–H groups in total. The zero-order valence-electron chi connectivity index (χ0n) is 32.6. The Labute approximate surface area is 300 Å². The van der Waals surface area contributed by atoms with Crippen molar-refractivity contribution in [1.29, 1.82) is 0 Å². The minimum atomic E-state index is -0.490. The first kappa shape index (κ1) is 42.3. The number of aromatic hydroxyl groups is 1. The molecule has 0 aliphatic heterocycles. The van der Waals surface area contributed by atoms with Crippen LogP contribution in [-0.4, -0.2) is 23.7 Å². The number of esters is 2. The molecule has 0 heterocycles. The third-order valence-corrected chi connectivity index (χ3v) is 9.50. The van der Waals surface area contributed by atoms with Crippen molar-refractivity contribution in [3.05, 3.63) is 58.1 Å². The highest BCUT2D eigenvalue weighted by Gasteiger charge is 2.28. The van der Waals surface area contributed by atoms with Gasteiger partial charge in [-0.2, -0.15) is 0 Å². The fraction of sp³-hybridized carbons (Fsp3) is 0.682. The van der Waals surface area contributed by atoms with Crippen LogP contribution in [0.1, 0.15) is 208 Å². The van der Waals surface area contributed by atoms with Crippen LogP contribution in [0.2, 0.25) is 0 Å². The molecule has 0 atom stereocenters. The lowest BCUT2D eigenvalue weighted by Gasteiger charge is -2.28. The molecule has 0 spiro atoms. The summed E-state index contributed by atoms with van der Waals surface area (Å²) in [5.41, 5.74) is 2.46. The molecule has 2 rings (SSSR count). The first-order chi connectivity index (χ1) is 23.3. The van der Waals surface area contributed by atoms with E-state index in [1.165, 1.54) is 89.9 Å². The molecule has 276 valence electrons. The van der Waals surface area contributed by atoms with Crippen molar-refractivity contribution >= 4 is 11.9 Å². The quantitative estimate of drug-likeness (QED) is 0.0719. The van der Waals surface area contributed by atoms with Crippen molar-refractivity contribution in [3.63, 3.8) is 0 Å². The average molecular weight is 679 g/mol. The van der Waals surface area contributed by atoms with Crippen LogP contribution in [0.4, 0.5) is 0 Å². The maximum atomic E-state index is 13.4. The SMILES string of the molecule is CCCCCCCCCCCCCCCCCCOC(=O)c1ccc(OC(=O)c2cc(C(C)(C)C)c(O)c(C(C)(C)C)c2)cc1CCCC. The number of unbranched alkanes of at least 4 members (excludes halogenated alkanes) is 16. The number of hydrogen-bond acceptors (Lipinski definition) is 5. The number of phenols is 1. The van der Waals surface area contributed by atoms with Gasteiger partial charge in [0.15, 0.2) is 0 Å². The van der Waals surface area contributed by atoms with Crippen molar-refractivity contribution in [2.24, 2.45) is 0 Å². The van der Waals surface area contributed by atoms with E-state index in [1.807, 2.05) is 41.5 Å². The molecule has 0 aliphatic rings. The van der Waals surface area contributed by atoms with Crippen molar-refractivity contribution in [2.75, 3.05) is 6.61 Å². The fourth-order valence-corrected chi connectivity index (χ4v) is 6.36. The molecule has 0 saturated heterocycles. The van der Waals surface area contributed by atoms with Gasteiger partial charge in [-0.15, -0.1) is 0 Å². The molecular formula is C44H70O5. The number of aryl methyl sites for hydroxylation is 1. The van der Waals surface area contributed by atoms with Crippen LogP contribution in [0.25, 0.3) is 0 Å². The van der Waals surface area contributed by atoms with E-state index in [1.54, 1.807) is 30.3 Å². The molecule has 0 aliphatic carbocycles. The van der Waals surface area contributed by atoms with Gasteiger partial charge < -0.3 is 14.6 Å². The molecule has 2 aromatic carbocycles. The second-order valence-electron chi connectivity index (χ2n) is 16.2. The number of carbonyl (C=O) groups excluding carboxylic acids is 2. The van der Waals surface area contributed by atoms with Crippen molar-refractivity contribution < 1.29 is 24.2 Å². The maximum Gasteiger partial charge on any atom is 0.343 e. The molecular weight excluding hydrogens is 608 g/mol. The lowest BCUT2D eigenvalue weighted by atomic mass is 9.78. The van der Waals surface area contributed by atoms with E-state index in [0.717, 1.165) is 31.2 Å². The monoisotopic (exact) mass is 679 g/mol. The third kappa shape index (κ3) is 15.7. The van der Waals surface area contributed by atoms with Gasteiger partial charge in [0, 0.05) is 11.1 Å². The summed E-state index contributed by atoms with van der Waals surface area (Å²) >= 11 is 0. The largest absolute Gasteiger partial charge is 0.507 e. The topological polar surface area (TPSA) is 72.8 Å². The van der Waals surface area contributed by atoms with Crippen molar-refractivity contribution in [1.82, 2.24) is 0 Å². The van der Waals surface area contributed by atoms with Crippen LogP contribution in [0.15, 0.2) is 30.3 Å². The molecule has 0 radical (unpaired) electrons. The Hall–Kier alpha value is -2.82. The highest BCUT2D eigenvalue weighted by molar-refractivity contribution is 5.93. The van der Waals surface area contributed by atoms with Gasteiger partial charge in [0.05, 0.1) is 17.7 Å². The van der Waals surface area contributed by atoms with Gasteiger partial charge in [-0.1, -0.05) is 158 Å². The number of rotatable bonds is 23. The maximum absolute atomic E-state index is 13.4. The van der Waals surface area contributed by atoms with E-state index in [0.29, 0.717) is 41.0 Å². The summed E-state index contributed by atoms with van der Waals surface area (Å²) in [7, 11) is 0. The van der Waals surface area contributed by atoms with Gasteiger partial charge in [0.25, 0.3) is 0 Å². The lowest BCUT2D eigenvalue weighted by molar-refractivity contribution is 0.0496. The Balaban J connectivity index is 1.83. The summed E-state index contributed by atoms with van der Waals surface area (Å²) in [5.74, 6) is -0.182. The fourth-order valence-electron chi connectivity index (χ4n) is 6.36. The van der Waals surface area contributed by atoms with Gasteiger partial charge in [0.1, 0.15) is 11.5 Å². The number of ether oxygens (including phenoxy) is 2. The van der Waals surface area contributed by atoms with Crippen LogP contribution >= 0.6 is 0 Å². The molecule has 0 bridgehead atoms. The van der Waals surface area contributed by atoms with Crippen LogP contribution in [-0.2, 0) is 22.0 Å². The second-order valence-corrected chi connectivity index (χ2v) is 16.2. The van der Waals surface area contributed by atoms with Crippen LogP contribution in [0.3, 0.4) is 0 Å². The van der Waals surface area contributed by atoms with Crippen LogP contribution in [0.5, 0.6) is 11.5 Å². The Morgan fingerprint density at radius 1 is 0.592 bits per heavy atom. The number of phenolic OH excluding ortho intramolecular Hbond substituents is 1. The van der Waals surface area contributed by atoms with Crippen LogP contribution in [0, 0.1) is 0 Å². The predicted octanol–water partition coefficient (Wildman–Crippen LogP) is 13.0. The molecule has 5 heteroatoms. The molecule has 0 amide bonds. The van der Waals surface area contributed by atoms with E-state index >= 15 is 0 Å². The van der Waals surface area contributed by atoms with Gasteiger partial charge in [-0.25, -0.2) is 9.59 Å². The van der Waals surface area contributed by atoms with Gasteiger partial charge in [-0.05, 0) is 66.0 Å². The summed E-state index contributed by atoms with van der Waals surface area (Å²) < 4.78 is 11.5. The van der Waals surface area contributed by atoms with Crippen molar-refractivity contribution in [2.45, 2.75) is 188 Å². The first-order valence-electron chi connectivity index (χ1n) is 19.7. The van der Waals surface area contributed by atoms with Gasteiger partial charge >= 0.3 is 11.9 Å². The minimum absolute atomic E-state index is 0.223. The number of benzene rings is 2. The average Bonchev–Trinajstić information content (AvgIpc) is 3.04. The zero-order chi connectivity index (χ0) is 36.3. The summed E-state index contributed by atoms with van der Waals surface area (Å²) in [6.45, 7) is 16.9. The van der Waals surface area contributed by atoms with E-state index in [2.05, 4.69) is 13.8 Å².